The van der Waals surface area contributed by atoms with Crippen LogP contribution in [0.5, 0.6) is 0 Å². The van der Waals surface area contributed by atoms with Crippen molar-refractivity contribution < 1.29 is 0 Å². The van der Waals surface area contributed by atoms with Gasteiger partial charge in [0, 0.05) is 37.4 Å². The fraction of sp³-hybridized carbons (Fsp3) is 0.800. The van der Waals surface area contributed by atoms with Gasteiger partial charge in [0.1, 0.15) is 0 Å². The van der Waals surface area contributed by atoms with E-state index in [1.165, 1.54) is 30.5 Å². The first-order valence-electron chi connectivity index (χ1n) is 7.53. The predicted octanol–water partition coefficient (Wildman–Crippen LogP) is 2.81. The largest absolute Gasteiger partial charge is 0.275 e. The van der Waals surface area contributed by atoms with Crippen molar-refractivity contribution in [3.8, 4) is 0 Å². The van der Waals surface area contributed by atoms with Gasteiger partial charge in [0.25, 0.3) is 0 Å². The molecule has 0 aliphatic carbocycles. The van der Waals surface area contributed by atoms with Gasteiger partial charge < -0.3 is 0 Å². The second kappa shape index (κ2) is 6.06. The summed E-state index contributed by atoms with van der Waals surface area (Å²) in [5, 5.41) is 7.00. The summed E-state index contributed by atoms with van der Waals surface area (Å²) >= 11 is 0. The highest BCUT2D eigenvalue weighted by Gasteiger charge is 2.24. The van der Waals surface area contributed by atoms with Gasteiger partial charge in [-0.05, 0) is 32.6 Å². The number of hydrogen-bond acceptors (Lipinski definition) is 3. The highest BCUT2D eigenvalue weighted by molar-refractivity contribution is 5.19. The highest BCUT2D eigenvalue weighted by Crippen LogP contribution is 2.22. The quantitative estimate of drug-likeness (QED) is 0.908. The van der Waals surface area contributed by atoms with Crippen LogP contribution in [-0.2, 0) is 13.6 Å². The molecule has 4 nitrogen and oxygen atoms in total. The average Bonchev–Trinajstić information content (AvgIpc) is 2.70. The monoisotopic (exact) mass is 264 g/mol. The molecule has 0 radical (unpaired) electrons. The number of nitrogens with zero attached hydrogens (tertiary/aromatic N) is 3. The zero-order valence-electron chi connectivity index (χ0n) is 13.0. The molecule has 1 aromatic heterocycles. The van der Waals surface area contributed by atoms with Gasteiger partial charge >= 0.3 is 0 Å². The second-order valence-electron chi connectivity index (χ2n) is 6.24. The number of hydrogen-bond donors (Lipinski definition) is 1. The Balaban J connectivity index is 2.01. The van der Waals surface area contributed by atoms with E-state index in [1.807, 2.05) is 11.7 Å². The second-order valence-corrected chi connectivity index (χ2v) is 6.24. The first kappa shape index (κ1) is 14.5. The lowest BCUT2D eigenvalue weighted by atomic mass is 10.00. The molecule has 1 aliphatic rings. The summed E-state index contributed by atoms with van der Waals surface area (Å²) < 4.78 is 1.93. The van der Waals surface area contributed by atoms with Crippen molar-refractivity contribution in [1.29, 1.82) is 0 Å². The minimum Gasteiger partial charge on any atom is -0.275 e. The van der Waals surface area contributed by atoms with Gasteiger partial charge in [-0.3, -0.25) is 10.1 Å². The summed E-state index contributed by atoms with van der Waals surface area (Å²) in [6.07, 6.45) is 6.08. The lowest BCUT2D eigenvalue weighted by molar-refractivity contribution is 0.0434. The predicted molar refractivity (Wildman–Crippen MR) is 78.8 cm³/mol. The van der Waals surface area contributed by atoms with Crippen LogP contribution in [0.2, 0.25) is 0 Å². The molecule has 2 rings (SSSR count). The van der Waals surface area contributed by atoms with E-state index < -0.39 is 0 Å². The van der Waals surface area contributed by atoms with Crippen molar-refractivity contribution in [2.45, 2.75) is 71.5 Å². The van der Waals surface area contributed by atoms with Gasteiger partial charge in [-0.2, -0.15) is 5.10 Å². The molecule has 0 spiro atoms. The van der Waals surface area contributed by atoms with Crippen LogP contribution >= 0.6 is 0 Å². The Kier molecular flexibility index (Phi) is 4.63. The average molecular weight is 264 g/mol. The Morgan fingerprint density at radius 3 is 2.53 bits per heavy atom. The third-order valence-electron chi connectivity index (χ3n) is 4.13. The third-order valence-corrected chi connectivity index (χ3v) is 4.13. The van der Waals surface area contributed by atoms with Gasteiger partial charge in [-0.1, -0.05) is 20.3 Å². The maximum absolute atomic E-state index is 4.57. The minimum atomic E-state index is 0.481. The number of hydrazine groups is 1. The lowest BCUT2D eigenvalue weighted by Crippen LogP contribution is -2.51. The summed E-state index contributed by atoms with van der Waals surface area (Å²) in [4.78, 5) is 0. The van der Waals surface area contributed by atoms with Crippen LogP contribution in [0, 0.1) is 0 Å². The zero-order chi connectivity index (χ0) is 14.0. The van der Waals surface area contributed by atoms with Crippen molar-refractivity contribution >= 4 is 0 Å². The van der Waals surface area contributed by atoms with Gasteiger partial charge in [0.05, 0.1) is 5.69 Å². The van der Waals surface area contributed by atoms with E-state index in [2.05, 4.69) is 49.4 Å². The summed E-state index contributed by atoms with van der Waals surface area (Å²) in [5.41, 5.74) is 6.16. The Morgan fingerprint density at radius 1 is 1.32 bits per heavy atom. The number of piperidine rings is 1. The molecule has 1 aromatic rings. The maximum Gasteiger partial charge on any atom is 0.0695 e. The number of aryl methyl sites for hydroxylation is 1. The number of nitrogens with one attached hydrogen (secondary N) is 1. The first-order valence-corrected chi connectivity index (χ1v) is 7.53. The van der Waals surface area contributed by atoms with Crippen molar-refractivity contribution in [2.75, 3.05) is 0 Å². The summed E-state index contributed by atoms with van der Waals surface area (Å²) in [6.45, 7) is 9.93. The molecule has 1 fully saturated rings. The standard InChI is InChI=1S/C15H28N4/c1-11(2)15-14(10-18(5)17-15)9-16-19-12(3)7-6-8-13(19)4/h10-13,16H,6-9H2,1-5H3. The van der Waals surface area contributed by atoms with Crippen LogP contribution in [0.3, 0.4) is 0 Å². The van der Waals surface area contributed by atoms with Gasteiger partial charge in [-0.15, -0.1) is 0 Å². The van der Waals surface area contributed by atoms with E-state index in [4.69, 9.17) is 0 Å². The molecule has 19 heavy (non-hydrogen) atoms. The Hall–Kier alpha value is -0.870. The summed E-state index contributed by atoms with van der Waals surface area (Å²) in [6, 6.07) is 1.26. The molecule has 0 saturated carbocycles. The van der Waals surface area contributed by atoms with Crippen LogP contribution in [-0.4, -0.2) is 26.9 Å². The summed E-state index contributed by atoms with van der Waals surface area (Å²) in [5.74, 6) is 0.481. The van der Waals surface area contributed by atoms with Gasteiger partial charge in [0.2, 0.25) is 0 Å². The van der Waals surface area contributed by atoms with E-state index in [-0.39, 0.29) is 0 Å². The van der Waals surface area contributed by atoms with E-state index in [9.17, 15) is 0 Å². The molecule has 4 heteroatoms. The van der Waals surface area contributed by atoms with E-state index >= 15 is 0 Å². The zero-order valence-corrected chi connectivity index (χ0v) is 13.0. The van der Waals surface area contributed by atoms with Crippen molar-refractivity contribution in [2.24, 2.45) is 7.05 Å². The molecular formula is C15H28N4. The minimum absolute atomic E-state index is 0.481. The van der Waals surface area contributed by atoms with E-state index in [0.717, 1.165) is 6.54 Å². The van der Waals surface area contributed by atoms with Crippen LogP contribution < -0.4 is 5.43 Å². The van der Waals surface area contributed by atoms with Crippen LogP contribution in [0.4, 0.5) is 0 Å². The smallest absolute Gasteiger partial charge is 0.0695 e. The molecule has 0 bridgehead atoms. The number of aromatic nitrogens is 2. The van der Waals surface area contributed by atoms with Gasteiger partial charge in [-0.25, -0.2) is 5.01 Å². The van der Waals surface area contributed by atoms with Crippen molar-refractivity contribution in [1.82, 2.24) is 20.2 Å². The molecule has 2 heterocycles. The topological polar surface area (TPSA) is 33.1 Å². The van der Waals surface area contributed by atoms with Crippen LogP contribution in [0.25, 0.3) is 0 Å². The molecule has 2 atom stereocenters. The molecule has 0 aromatic carbocycles. The SMILES string of the molecule is CC(C)c1nn(C)cc1CNN1C(C)CCCC1C. The molecule has 1 N–H and O–H groups in total. The molecule has 1 aliphatic heterocycles. The molecular weight excluding hydrogens is 236 g/mol. The molecule has 0 amide bonds. The van der Waals surface area contributed by atoms with Gasteiger partial charge in [0.15, 0.2) is 0 Å². The van der Waals surface area contributed by atoms with Crippen LogP contribution in [0.15, 0.2) is 6.20 Å². The van der Waals surface area contributed by atoms with E-state index in [1.54, 1.807) is 0 Å². The Morgan fingerprint density at radius 2 is 1.95 bits per heavy atom. The molecule has 1 saturated heterocycles. The van der Waals surface area contributed by atoms with Crippen molar-refractivity contribution in [3.63, 3.8) is 0 Å². The van der Waals surface area contributed by atoms with E-state index in [0.29, 0.717) is 18.0 Å². The lowest BCUT2D eigenvalue weighted by Gasteiger charge is -2.39. The molecule has 108 valence electrons. The maximum atomic E-state index is 4.57. The summed E-state index contributed by atoms with van der Waals surface area (Å²) in [7, 11) is 2.00. The fourth-order valence-electron chi connectivity index (χ4n) is 3.09. The Labute approximate surface area is 117 Å². The van der Waals surface area contributed by atoms with Crippen molar-refractivity contribution in [3.05, 3.63) is 17.5 Å². The fourth-order valence-corrected chi connectivity index (χ4v) is 3.09. The number of rotatable bonds is 4. The molecule has 2 unspecified atom stereocenters. The first-order chi connectivity index (χ1) is 8.99. The Bertz CT molecular complexity index is 400. The highest BCUT2D eigenvalue weighted by atomic mass is 15.5. The normalized spacial score (nSPS) is 25.2. The van der Waals surface area contributed by atoms with Crippen LogP contribution in [0.1, 0.15) is 64.1 Å². The third kappa shape index (κ3) is 3.37.